The second kappa shape index (κ2) is 6.18. The fraction of sp³-hybridized carbons (Fsp3) is 0.105. The van der Waals surface area contributed by atoms with Gasteiger partial charge in [0.15, 0.2) is 0 Å². The van der Waals surface area contributed by atoms with Gasteiger partial charge in [-0.25, -0.2) is 4.98 Å². The molecule has 2 aromatic carbocycles. The summed E-state index contributed by atoms with van der Waals surface area (Å²) in [5, 5.41) is 6.83. The lowest BCUT2D eigenvalue weighted by molar-refractivity contribution is -0.135. The van der Waals surface area contributed by atoms with E-state index in [2.05, 4.69) is 10.1 Å². The number of halogens is 1. The molecule has 1 atom stereocenters. The van der Waals surface area contributed by atoms with Gasteiger partial charge in [-0.1, -0.05) is 48.0 Å². The minimum atomic E-state index is -0.739. The molecule has 1 aromatic heterocycles. The van der Waals surface area contributed by atoms with Crippen LogP contribution in [-0.4, -0.2) is 21.8 Å². The number of amides is 1. The van der Waals surface area contributed by atoms with Gasteiger partial charge < -0.3 is 4.74 Å². The maximum absolute atomic E-state index is 12.1. The van der Waals surface area contributed by atoms with Crippen LogP contribution in [0, 0.1) is 0 Å². The lowest BCUT2D eigenvalue weighted by Gasteiger charge is -2.20. The first kappa shape index (κ1) is 15.6. The van der Waals surface area contributed by atoms with Crippen LogP contribution in [0.15, 0.2) is 65.8 Å². The van der Waals surface area contributed by atoms with Crippen LogP contribution in [0.1, 0.15) is 24.3 Å². The Morgan fingerprint density at radius 1 is 1.12 bits per heavy atom. The Morgan fingerprint density at radius 2 is 1.84 bits per heavy atom. The number of benzene rings is 2. The molecule has 25 heavy (non-hydrogen) atoms. The number of ether oxygens (including phenoxy) is 1. The van der Waals surface area contributed by atoms with Gasteiger partial charge in [-0.3, -0.25) is 4.79 Å². The number of hydrogen-bond donors (Lipinski definition) is 0. The van der Waals surface area contributed by atoms with Crippen molar-refractivity contribution in [3.8, 4) is 0 Å². The topological polar surface area (TPSA) is 54.8 Å². The van der Waals surface area contributed by atoms with Gasteiger partial charge in [0, 0.05) is 17.9 Å². The van der Waals surface area contributed by atoms with E-state index in [1.165, 1.54) is 11.9 Å². The monoisotopic (exact) mass is 351 g/mol. The molecule has 0 aliphatic carbocycles. The third kappa shape index (κ3) is 2.83. The summed E-state index contributed by atoms with van der Waals surface area (Å²) in [4.78, 5) is 16.5. The van der Waals surface area contributed by atoms with Crippen molar-refractivity contribution in [3.63, 3.8) is 0 Å². The first-order chi connectivity index (χ1) is 12.1. The summed E-state index contributed by atoms with van der Waals surface area (Å²) in [6.45, 7) is 1.44. The van der Waals surface area contributed by atoms with Crippen LogP contribution in [0.3, 0.4) is 0 Å². The van der Waals surface area contributed by atoms with Crippen molar-refractivity contribution < 1.29 is 9.53 Å². The molecule has 0 saturated carbocycles. The Hall–Kier alpha value is -2.92. The second-order valence-corrected chi connectivity index (χ2v) is 6.02. The van der Waals surface area contributed by atoms with E-state index >= 15 is 0 Å². The van der Waals surface area contributed by atoms with Crippen molar-refractivity contribution in [2.24, 2.45) is 5.10 Å². The van der Waals surface area contributed by atoms with Gasteiger partial charge in [0.2, 0.25) is 18.0 Å². The second-order valence-electron chi connectivity index (χ2n) is 5.67. The van der Waals surface area contributed by atoms with Gasteiger partial charge in [-0.15, -0.1) is 5.10 Å². The number of aromatic nitrogens is 1. The van der Waals surface area contributed by atoms with Crippen molar-refractivity contribution in [2.45, 2.75) is 13.2 Å². The van der Waals surface area contributed by atoms with Crippen LogP contribution in [0.2, 0.25) is 5.15 Å². The number of nitrogens with zero attached hydrogens (tertiary/aromatic N) is 3. The van der Waals surface area contributed by atoms with Crippen molar-refractivity contribution in [1.82, 2.24) is 9.99 Å². The van der Waals surface area contributed by atoms with Crippen molar-refractivity contribution in [3.05, 3.63) is 76.9 Å². The minimum absolute atomic E-state index is 0.236. The van der Waals surface area contributed by atoms with E-state index in [0.717, 1.165) is 16.5 Å². The van der Waals surface area contributed by atoms with Crippen LogP contribution in [0.25, 0.3) is 10.9 Å². The molecule has 0 saturated heterocycles. The molecule has 0 fully saturated rings. The summed E-state index contributed by atoms with van der Waals surface area (Å²) in [5.41, 5.74) is 2.18. The Bertz CT molecular complexity index is 988. The molecular formula is C19H14ClN3O2. The zero-order valence-electron chi connectivity index (χ0n) is 13.4. The molecule has 1 unspecified atom stereocenters. The number of fused-ring (bicyclic) bond motifs is 1. The van der Waals surface area contributed by atoms with Crippen LogP contribution >= 0.6 is 11.6 Å². The molecule has 5 nitrogen and oxygen atoms in total. The zero-order chi connectivity index (χ0) is 17.4. The SMILES string of the molecule is CC(=O)N1N=C(c2ccccc2)OC1c1cc2ccccc2nc1Cl. The fourth-order valence-corrected chi connectivity index (χ4v) is 2.99. The lowest BCUT2D eigenvalue weighted by atomic mass is 10.1. The summed E-state index contributed by atoms with van der Waals surface area (Å²) < 4.78 is 5.97. The van der Waals surface area contributed by atoms with Gasteiger partial charge in [-0.2, -0.15) is 5.01 Å². The van der Waals surface area contributed by atoms with Gasteiger partial charge in [0.25, 0.3) is 0 Å². The molecule has 1 amide bonds. The first-order valence-corrected chi connectivity index (χ1v) is 8.17. The van der Waals surface area contributed by atoms with Gasteiger partial charge >= 0.3 is 0 Å². The van der Waals surface area contributed by atoms with Crippen LogP contribution in [0.4, 0.5) is 0 Å². The molecule has 1 aliphatic heterocycles. The molecule has 0 bridgehead atoms. The van der Waals surface area contributed by atoms with Crippen LogP contribution in [0.5, 0.6) is 0 Å². The predicted octanol–water partition coefficient (Wildman–Crippen LogP) is 4.13. The quantitative estimate of drug-likeness (QED) is 0.652. The molecule has 0 spiro atoms. The number of hydrazone groups is 1. The summed E-state index contributed by atoms with van der Waals surface area (Å²) in [6, 6.07) is 19.0. The zero-order valence-corrected chi connectivity index (χ0v) is 14.1. The van der Waals surface area contributed by atoms with E-state index in [9.17, 15) is 4.79 Å². The molecule has 0 N–H and O–H groups in total. The maximum atomic E-state index is 12.1. The number of pyridine rings is 1. The third-order valence-electron chi connectivity index (χ3n) is 3.96. The van der Waals surface area contributed by atoms with Crippen molar-refractivity contribution in [2.75, 3.05) is 0 Å². The smallest absolute Gasteiger partial charge is 0.243 e. The molecule has 0 radical (unpaired) electrons. The number of carbonyl (C=O) groups is 1. The van der Waals surface area contributed by atoms with E-state index in [1.54, 1.807) is 0 Å². The van der Waals surface area contributed by atoms with Crippen LogP contribution in [-0.2, 0) is 9.53 Å². The van der Waals surface area contributed by atoms with Gasteiger partial charge in [0.1, 0.15) is 5.15 Å². The number of rotatable bonds is 2. The van der Waals surface area contributed by atoms with E-state index in [0.29, 0.717) is 16.6 Å². The highest BCUT2D eigenvalue weighted by Gasteiger charge is 2.35. The highest BCUT2D eigenvalue weighted by Crippen LogP contribution is 2.35. The number of para-hydroxylation sites is 1. The van der Waals surface area contributed by atoms with Gasteiger partial charge in [0.05, 0.1) is 11.1 Å². The highest BCUT2D eigenvalue weighted by molar-refractivity contribution is 6.30. The number of carbonyl (C=O) groups excluding carboxylic acids is 1. The molecule has 1 aliphatic rings. The molecule has 124 valence electrons. The number of hydrogen-bond acceptors (Lipinski definition) is 4. The summed E-state index contributed by atoms with van der Waals surface area (Å²) in [5.74, 6) is 0.144. The van der Waals surface area contributed by atoms with Crippen molar-refractivity contribution >= 4 is 34.3 Å². The fourth-order valence-electron chi connectivity index (χ4n) is 2.75. The van der Waals surface area contributed by atoms with E-state index < -0.39 is 6.23 Å². The normalized spacial score (nSPS) is 16.6. The predicted molar refractivity (Wildman–Crippen MR) is 96.1 cm³/mol. The highest BCUT2D eigenvalue weighted by atomic mass is 35.5. The molecule has 4 rings (SSSR count). The van der Waals surface area contributed by atoms with E-state index in [-0.39, 0.29) is 5.91 Å². The Morgan fingerprint density at radius 3 is 2.60 bits per heavy atom. The molecule has 6 heteroatoms. The largest absolute Gasteiger partial charge is 0.446 e. The van der Waals surface area contributed by atoms with E-state index in [4.69, 9.17) is 16.3 Å². The average Bonchev–Trinajstić information content (AvgIpc) is 3.07. The summed E-state index contributed by atoms with van der Waals surface area (Å²) >= 11 is 6.37. The Balaban J connectivity index is 1.77. The molecule has 3 aromatic rings. The summed E-state index contributed by atoms with van der Waals surface area (Å²) in [6.07, 6.45) is -0.739. The standard InChI is InChI=1S/C19H14ClN3O2/c1-12(24)23-19(25-18(22-23)13-7-3-2-4-8-13)15-11-14-9-5-6-10-16(14)21-17(15)20/h2-11,19H,1H3. The van der Waals surface area contributed by atoms with E-state index in [1.807, 2.05) is 60.7 Å². The van der Waals surface area contributed by atoms with Crippen LogP contribution < -0.4 is 0 Å². The lowest BCUT2D eigenvalue weighted by Crippen LogP contribution is -2.25. The summed E-state index contributed by atoms with van der Waals surface area (Å²) in [7, 11) is 0. The minimum Gasteiger partial charge on any atom is -0.446 e. The first-order valence-electron chi connectivity index (χ1n) is 7.79. The maximum Gasteiger partial charge on any atom is 0.243 e. The van der Waals surface area contributed by atoms with Crippen molar-refractivity contribution in [1.29, 1.82) is 0 Å². The molecule has 2 heterocycles. The van der Waals surface area contributed by atoms with Gasteiger partial charge in [-0.05, 0) is 24.3 Å². The average molecular weight is 352 g/mol. The Labute approximate surface area is 149 Å². The third-order valence-corrected chi connectivity index (χ3v) is 4.26. The Kier molecular flexibility index (Phi) is 3.86. The molecular weight excluding hydrogens is 338 g/mol.